The third-order valence-corrected chi connectivity index (χ3v) is 3.60. The van der Waals surface area contributed by atoms with Crippen LogP contribution in [0.1, 0.15) is 24.2 Å². The van der Waals surface area contributed by atoms with Crippen LogP contribution in [0.25, 0.3) is 0 Å². The zero-order chi connectivity index (χ0) is 19.2. The molecule has 0 spiro atoms. The zero-order valence-corrected chi connectivity index (χ0v) is 14.8. The Morgan fingerprint density at radius 1 is 1.42 bits per heavy atom. The van der Waals surface area contributed by atoms with Gasteiger partial charge in [-0.2, -0.15) is 13.2 Å². The third kappa shape index (κ3) is 7.17. The number of aromatic nitrogens is 1. The molecule has 26 heavy (non-hydrogen) atoms. The zero-order valence-electron chi connectivity index (χ0n) is 14.8. The number of carbonyl (C=O) groups excluding carboxylic acids is 1. The average molecular weight is 376 g/mol. The van der Waals surface area contributed by atoms with Gasteiger partial charge >= 0.3 is 12.1 Å². The number of esters is 1. The van der Waals surface area contributed by atoms with Gasteiger partial charge in [-0.05, 0) is 12.0 Å². The minimum absolute atomic E-state index is 0.111. The Hall–Kier alpha value is -1.87. The lowest BCUT2D eigenvalue weighted by molar-refractivity contribution is -0.154. The quantitative estimate of drug-likeness (QED) is 0.682. The predicted molar refractivity (Wildman–Crippen MR) is 87.1 cm³/mol. The Morgan fingerprint density at radius 2 is 2.19 bits per heavy atom. The first-order chi connectivity index (χ1) is 12.2. The van der Waals surface area contributed by atoms with Gasteiger partial charge in [0.2, 0.25) is 5.88 Å². The molecule has 0 bridgehead atoms. The van der Waals surface area contributed by atoms with Crippen LogP contribution in [-0.4, -0.2) is 67.6 Å². The van der Waals surface area contributed by atoms with Crippen molar-refractivity contribution in [1.82, 2.24) is 9.88 Å². The molecule has 0 aromatic carbocycles. The molecule has 1 unspecified atom stereocenters. The molecule has 1 atom stereocenters. The number of ether oxygens (including phenoxy) is 3. The molecular weight excluding hydrogens is 353 g/mol. The van der Waals surface area contributed by atoms with Crippen molar-refractivity contribution in [3.05, 3.63) is 23.9 Å². The molecule has 1 saturated heterocycles. The summed E-state index contributed by atoms with van der Waals surface area (Å²) in [6.45, 7) is 6.04. The maximum atomic E-state index is 12.1. The fraction of sp³-hybridized carbons (Fsp3) is 0.647. The highest BCUT2D eigenvalue weighted by molar-refractivity contribution is 5.89. The highest BCUT2D eigenvalue weighted by atomic mass is 19.4. The predicted octanol–water partition coefficient (Wildman–Crippen LogP) is 2.54. The number of halogens is 3. The molecule has 2 rings (SSSR count). The maximum Gasteiger partial charge on any atom is 0.422 e. The topological polar surface area (TPSA) is 60.9 Å². The van der Waals surface area contributed by atoms with Gasteiger partial charge in [-0.15, -0.1) is 0 Å². The fourth-order valence-corrected chi connectivity index (χ4v) is 2.56. The smallest absolute Gasteiger partial charge is 0.422 e. The van der Waals surface area contributed by atoms with Crippen molar-refractivity contribution in [3.63, 3.8) is 0 Å². The van der Waals surface area contributed by atoms with Crippen molar-refractivity contribution in [2.24, 2.45) is 5.92 Å². The Morgan fingerprint density at radius 3 is 2.81 bits per heavy atom. The van der Waals surface area contributed by atoms with Crippen molar-refractivity contribution >= 4 is 5.97 Å². The number of hydrogen-bond donors (Lipinski definition) is 0. The monoisotopic (exact) mass is 376 g/mol. The SMILES string of the molecule is CC(C)CN1CCOC(COC(=O)c2ccc(OCC(F)(F)F)nc2)C1. The van der Waals surface area contributed by atoms with Gasteiger partial charge in [-0.25, -0.2) is 9.78 Å². The number of morpholine rings is 1. The number of alkyl halides is 3. The summed E-state index contributed by atoms with van der Waals surface area (Å²) in [6, 6.07) is 2.51. The van der Waals surface area contributed by atoms with E-state index in [4.69, 9.17) is 9.47 Å². The second kappa shape index (κ2) is 9.18. The normalized spacial score (nSPS) is 18.8. The number of carbonyl (C=O) groups is 1. The number of rotatable bonds is 7. The molecule has 1 aliphatic rings. The van der Waals surface area contributed by atoms with Crippen molar-refractivity contribution in [2.75, 3.05) is 39.5 Å². The van der Waals surface area contributed by atoms with E-state index in [2.05, 4.69) is 28.5 Å². The largest absolute Gasteiger partial charge is 0.468 e. The van der Waals surface area contributed by atoms with Gasteiger partial charge in [0.25, 0.3) is 0 Å². The van der Waals surface area contributed by atoms with E-state index in [1.54, 1.807) is 0 Å². The van der Waals surface area contributed by atoms with Gasteiger partial charge in [0.05, 0.1) is 12.2 Å². The van der Waals surface area contributed by atoms with Crippen LogP contribution in [0.5, 0.6) is 5.88 Å². The summed E-state index contributed by atoms with van der Waals surface area (Å²) in [6.07, 6.45) is -3.52. The minimum Gasteiger partial charge on any atom is -0.468 e. The summed E-state index contributed by atoms with van der Waals surface area (Å²) in [4.78, 5) is 18.0. The van der Waals surface area contributed by atoms with Gasteiger partial charge in [-0.3, -0.25) is 4.90 Å². The van der Waals surface area contributed by atoms with Crippen LogP contribution in [0.4, 0.5) is 13.2 Å². The lowest BCUT2D eigenvalue weighted by Crippen LogP contribution is -2.45. The second-order valence-corrected chi connectivity index (χ2v) is 6.53. The highest BCUT2D eigenvalue weighted by Crippen LogP contribution is 2.17. The Bertz CT molecular complexity index is 578. The standard InChI is InChI=1S/C17H23F3N2O4/c1-12(2)8-22-5-6-24-14(9-22)10-25-16(23)13-3-4-15(21-7-13)26-11-17(18,19)20/h3-4,7,12,14H,5-6,8-11H2,1-2H3. The van der Waals surface area contributed by atoms with Crippen LogP contribution in [0.3, 0.4) is 0 Å². The molecule has 1 aromatic heterocycles. The van der Waals surface area contributed by atoms with E-state index in [0.29, 0.717) is 19.1 Å². The molecule has 0 saturated carbocycles. The lowest BCUT2D eigenvalue weighted by atomic mass is 10.2. The van der Waals surface area contributed by atoms with Gasteiger partial charge < -0.3 is 14.2 Å². The van der Waals surface area contributed by atoms with E-state index in [-0.39, 0.29) is 24.2 Å². The number of nitrogens with zero attached hydrogens (tertiary/aromatic N) is 2. The van der Waals surface area contributed by atoms with Gasteiger partial charge in [0, 0.05) is 31.9 Å². The van der Waals surface area contributed by atoms with E-state index >= 15 is 0 Å². The second-order valence-electron chi connectivity index (χ2n) is 6.53. The van der Waals surface area contributed by atoms with E-state index in [1.807, 2.05) is 0 Å². The van der Waals surface area contributed by atoms with Crippen LogP contribution in [0, 0.1) is 5.92 Å². The Balaban J connectivity index is 1.78. The first kappa shape index (κ1) is 20.4. The van der Waals surface area contributed by atoms with Crippen molar-refractivity contribution in [2.45, 2.75) is 26.1 Å². The number of pyridine rings is 1. The Kier molecular flexibility index (Phi) is 7.22. The Labute approximate surface area is 150 Å². The summed E-state index contributed by atoms with van der Waals surface area (Å²) >= 11 is 0. The molecule has 0 aliphatic carbocycles. The molecule has 1 aliphatic heterocycles. The van der Waals surface area contributed by atoms with Crippen LogP contribution in [0.2, 0.25) is 0 Å². The third-order valence-electron chi connectivity index (χ3n) is 3.60. The van der Waals surface area contributed by atoms with E-state index in [0.717, 1.165) is 19.3 Å². The van der Waals surface area contributed by atoms with Gasteiger partial charge in [0.15, 0.2) is 6.61 Å². The van der Waals surface area contributed by atoms with Crippen molar-refractivity contribution in [3.8, 4) is 5.88 Å². The lowest BCUT2D eigenvalue weighted by Gasteiger charge is -2.33. The van der Waals surface area contributed by atoms with Gasteiger partial charge in [0.1, 0.15) is 12.7 Å². The van der Waals surface area contributed by atoms with Crippen LogP contribution in [0.15, 0.2) is 18.3 Å². The first-order valence-electron chi connectivity index (χ1n) is 8.39. The average Bonchev–Trinajstić information content (AvgIpc) is 2.57. The summed E-state index contributed by atoms with van der Waals surface area (Å²) in [5.41, 5.74) is 0.138. The first-order valence-corrected chi connectivity index (χ1v) is 8.39. The van der Waals surface area contributed by atoms with Gasteiger partial charge in [-0.1, -0.05) is 13.8 Å². The molecule has 6 nitrogen and oxygen atoms in total. The molecule has 1 aromatic rings. The summed E-state index contributed by atoms with van der Waals surface area (Å²) in [5, 5.41) is 0. The van der Waals surface area contributed by atoms with Crippen molar-refractivity contribution < 1.29 is 32.2 Å². The van der Waals surface area contributed by atoms with Crippen molar-refractivity contribution in [1.29, 1.82) is 0 Å². The molecule has 9 heteroatoms. The van der Waals surface area contributed by atoms with Crippen LogP contribution in [-0.2, 0) is 9.47 Å². The van der Waals surface area contributed by atoms with E-state index < -0.39 is 18.8 Å². The molecule has 2 heterocycles. The summed E-state index contributed by atoms with van der Waals surface area (Å²) < 4.78 is 51.6. The van der Waals surface area contributed by atoms with Crippen LogP contribution < -0.4 is 4.74 Å². The van der Waals surface area contributed by atoms with Crippen LogP contribution >= 0.6 is 0 Å². The maximum absolute atomic E-state index is 12.1. The van der Waals surface area contributed by atoms with E-state index in [1.165, 1.54) is 12.1 Å². The molecule has 0 amide bonds. The fourth-order valence-electron chi connectivity index (χ4n) is 2.56. The molecular formula is C17H23F3N2O4. The molecule has 0 radical (unpaired) electrons. The molecule has 146 valence electrons. The number of hydrogen-bond acceptors (Lipinski definition) is 6. The minimum atomic E-state index is -4.44. The molecule has 1 fully saturated rings. The van der Waals surface area contributed by atoms with E-state index in [9.17, 15) is 18.0 Å². The summed E-state index contributed by atoms with van der Waals surface area (Å²) in [7, 11) is 0. The highest BCUT2D eigenvalue weighted by Gasteiger charge is 2.28. The molecule has 0 N–H and O–H groups in total. The summed E-state index contributed by atoms with van der Waals surface area (Å²) in [5.74, 6) is -0.274.